The van der Waals surface area contributed by atoms with Gasteiger partial charge in [-0.15, -0.1) is 0 Å². The van der Waals surface area contributed by atoms with Gasteiger partial charge in [0, 0.05) is 18.8 Å². The molecule has 1 N–H and O–H groups in total. The zero-order chi connectivity index (χ0) is 16.9. The van der Waals surface area contributed by atoms with Crippen molar-refractivity contribution in [3.8, 4) is 0 Å². The van der Waals surface area contributed by atoms with Crippen molar-refractivity contribution in [1.29, 1.82) is 0 Å². The number of para-hydroxylation sites is 1. The van der Waals surface area contributed by atoms with Crippen LogP contribution in [0.25, 0.3) is 0 Å². The minimum Gasteiger partial charge on any atom is -0.342 e. The van der Waals surface area contributed by atoms with Crippen molar-refractivity contribution < 1.29 is 18.0 Å². The largest absolute Gasteiger partial charge is 0.342 e. The van der Waals surface area contributed by atoms with Crippen LogP contribution in [0, 0.1) is 5.92 Å². The molecule has 0 aliphatic carbocycles. The van der Waals surface area contributed by atoms with E-state index in [9.17, 15) is 18.0 Å². The zero-order valence-corrected chi connectivity index (χ0v) is 14.0. The third kappa shape index (κ3) is 5.67. The maximum absolute atomic E-state index is 12.1. The SMILES string of the molecule is CC1CCCN(C(=O)CS(=O)(=O)CC(=O)Nc2ccccc2)C1. The Labute approximate surface area is 136 Å². The highest BCUT2D eigenvalue weighted by Gasteiger charge is 2.27. The van der Waals surface area contributed by atoms with Crippen LogP contribution in [0.15, 0.2) is 30.3 Å². The third-order valence-electron chi connectivity index (χ3n) is 3.76. The maximum atomic E-state index is 12.1. The van der Waals surface area contributed by atoms with Gasteiger partial charge in [-0.05, 0) is 30.9 Å². The molecule has 1 aromatic rings. The van der Waals surface area contributed by atoms with Gasteiger partial charge in [0.15, 0.2) is 9.84 Å². The highest BCUT2D eigenvalue weighted by atomic mass is 32.2. The Balaban J connectivity index is 1.88. The molecule has 7 heteroatoms. The Kier molecular flexibility index (Phi) is 5.76. The molecule has 1 heterocycles. The van der Waals surface area contributed by atoms with E-state index in [4.69, 9.17) is 0 Å². The Morgan fingerprint density at radius 3 is 2.57 bits per heavy atom. The summed E-state index contributed by atoms with van der Waals surface area (Å²) < 4.78 is 24.1. The molecule has 0 saturated carbocycles. The van der Waals surface area contributed by atoms with Crippen LogP contribution in [0.3, 0.4) is 0 Å². The fourth-order valence-electron chi connectivity index (χ4n) is 2.66. The van der Waals surface area contributed by atoms with Crippen molar-refractivity contribution in [2.24, 2.45) is 5.92 Å². The van der Waals surface area contributed by atoms with Gasteiger partial charge >= 0.3 is 0 Å². The van der Waals surface area contributed by atoms with Gasteiger partial charge in [-0.2, -0.15) is 0 Å². The van der Waals surface area contributed by atoms with Gasteiger partial charge in [0.1, 0.15) is 11.5 Å². The second-order valence-corrected chi connectivity index (χ2v) is 8.10. The Hall–Kier alpha value is -1.89. The zero-order valence-electron chi connectivity index (χ0n) is 13.2. The summed E-state index contributed by atoms with van der Waals surface area (Å²) in [6.45, 7) is 3.22. The molecule has 1 aliphatic heterocycles. The maximum Gasteiger partial charge on any atom is 0.239 e. The standard InChI is InChI=1S/C16H22N2O4S/c1-13-6-5-9-18(10-13)16(20)12-23(21,22)11-15(19)17-14-7-3-2-4-8-14/h2-4,7-8,13H,5-6,9-12H2,1H3,(H,17,19). The fourth-order valence-corrected chi connectivity index (χ4v) is 3.80. The third-order valence-corrected chi connectivity index (χ3v) is 5.15. The quantitative estimate of drug-likeness (QED) is 0.877. The van der Waals surface area contributed by atoms with Crippen LogP contribution < -0.4 is 5.32 Å². The second-order valence-electron chi connectivity index (χ2n) is 6.03. The van der Waals surface area contributed by atoms with E-state index in [1.807, 2.05) is 6.92 Å². The minimum absolute atomic E-state index is 0.386. The Bertz CT molecular complexity index is 658. The summed E-state index contributed by atoms with van der Waals surface area (Å²) in [5.41, 5.74) is 0.531. The number of rotatable bonds is 5. The normalized spacial score (nSPS) is 18.5. The van der Waals surface area contributed by atoms with Gasteiger partial charge in [-0.3, -0.25) is 9.59 Å². The summed E-state index contributed by atoms with van der Waals surface area (Å²) in [4.78, 5) is 25.5. The van der Waals surface area contributed by atoms with E-state index in [-0.39, 0.29) is 0 Å². The Morgan fingerprint density at radius 2 is 1.91 bits per heavy atom. The van der Waals surface area contributed by atoms with Crippen molar-refractivity contribution in [3.05, 3.63) is 30.3 Å². The smallest absolute Gasteiger partial charge is 0.239 e. The number of anilines is 1. The first-order chi connectivity index (χ1) is 10.9. The number of hydrogen-bond donors (Lipinski definition) is 1. The highest BCUT2D eigenvalue weighted by Crippen LogP contribution is 2.16. The van der Waals surface area contributed by atoms with Crippen molar-refractivity contribution in [3.63, 3.8) is 0 Å². The highest BCUT2D eigenvalue weighted by molar-refractivity contribution is 7.92. The number of nitrogens with one attached hydrogen (secondary N) is 1. The summed E-state index contributed by atoms with van der Waals surface area (Å²) in [7, 11) is -3.77. The first kappa shape index (κ1) is 17.5. The van der Waals surface area contributed by atoms with Gasteiger partial charge < -0.3 is 10.2 Å². The van der Waals surface area contributed by atoms with Gasteiger partial charge in [-0.1, -0.05) is 25.1 Å². The number of likely N-dealkylation sites (tertiary alicyclic amines) is 1. The molecule has 6 nitrogen and oxygen atoms in total. The lowest BCUT2D eigenvalue weighted by molar-refractivity contribution is -0.130. The number of sulfone groups is 1. The molecule has 2 rings (SSSR count). The van der Waals surface area contributed by atoms with Gasteiger partial charge in [0.05, 0.1) is 0 Å². The average Bonchev–Trinajstić information content (AvgIpc) is 2.47. The summed E-state index contributed by atoms with van der Waals surface area (Å²) in [5.74, 6) is -1.95. The molecule has 0 spiro atoms. The molecule has 1 fully saturated rings. The number of carbonyl (C=O) groups excluding carboxylic acids is 2. The van der Waals surface area contributed by atoms with E-state index in [0.717, 1.165) is 12.8 Å². The van der Waals surface area contributed by atoms with Crippen molar-refractivity contribution >= 4 is 27.3 Å². The molecule has 1 aliphatic rings. The van der Waals surface area contributed by atoms with Crippen LogP contribution in [0.2, 0.25) is 0 Å². The van der Waals surface area contributed by atoms with Gasteiger partial charge in [-0.25, -0.2) is 8.42 Å². The van der Waals surface area contributed by atoms with Crippen LogP contribution in [0.4, 0.5) is 5.69 Å². The van der Waals surface area contributed by atoms with E-state index in [1.54, 1.807) is 35.2 Å². The predicted octanol–water partition coefficient (Wildman–Crippen LogP) is 1.30. The first-order valence-corrected chi connectivity index (χ1v) is 9.51. The number of piperidine rings is 1. The lowest BCUT2D eigenvalue weighted by atomic mass is 10.0. The van der Waals surface area contributed by atoms with Crippen LogP contribution >= 0.6 is 0 Å². The van der Waals surface area contributed by atoms with E-state index in [2.05, 4.69) is 5.32 Å². The molecule has 1 saturated heterocycles. The average molecular weight is 338 g/mol. The molecule has 23 heavy (non-hydrogen) atoms. The van der Waals surface area contributed by atoms with Crippen molar-refractivity contribution in [2.45, 2.75) is 19.8 Å². The summed E-state index contributed by atoms with van der Waals surface area (Å²) in [5, 5.41) is 2.51. The summed E-state index contributed by atoms with van der Waals surface area (Å²) in [6.07, 6.45) is 1.94. The molecule has 0 radical (unpaired) electrons. The van der Waals surface area contributed by atoms with E-state index >= 15 is 0 Å². The van der Waals surface area contributed by atoms with Gasteiger partial charge in [0.2, 0.25) is 11.8 Å². The Morgan fingerprint density at radius 1 is 1.22 bits per heavy atom. The van der Waals surface area contributed by atoms with E-state index in [1.165, 1.54) is 0 Å². The van der Waals surface area contributed by atoms with Crippen LogP contribution in [0.5, 0.6) is 0 Å². The van der Waals surface area contributed by atoms with E-state index in [0.29, 0.717) is 24.7 Å². The van der Waals surface area contributed by atoms with Gasteiger partial charge in [0.25, 0.3) is 0 Å². The number of nitrogens with zero attached hydrogens (tertiary/aromatic N) is 1. The molecule has 0 aromatic heterocycles. The van der Waals surface area contributed by atoms with E-state index < -0.39 is 33.2 Å². The minimum atomic E-state index is -3.77. The molecule has 0 bridgehead atoms. The van der Waals surface area contributed by atoms with Crippen molar-refractivity contribution in [2.75, 3.05) is 29.9 Å². The predicted molar refractivity (Wildman–Crippen MR) is 88.7 cm³/mol. The molecule has 1 aromatic carbocycles. The lowest BCUT2D eigenvalue weighted by Crippen LogP contribution is -2.43. The summed E-state index contributed by atoms with van der Waals surface area (Å²) in [6, 6.07) is 8.62. The molecular formula is C16H22N2O4S. The van der Waals surface area contributed by atoms with Crippen LogP contribution in [-0.4, -0.2) is 49.7 Å². The lowest BCUT2D eigenvalue weighted by Gasteiger charge is -2.30. The number of amides is 2. The monoisotopic (exact) mass is 338 g/mol. The first-order valence-electron chi connectivity index (χ1n) is 7.69. The molecule has 126 valence electrons. The second kappa shape index (κ2) is 7.59. The summed E-state index contributed by atoms with van der Waals surface area (Å²) >= 11 is 0. The molecule has 1 atom stereocenters. The molecular weight excluding hydrogens is 316 g/mol. The van der Waals surface area contributed by atoms with Crippen LogP contribution in [-0.2, 0) is 19.4 Å². The number of hydrogen-bond acceptors (Lipinski definition) is 4. The fraction of sp³-hybridized carbons (Fsp3) is 0.500. The topological polar surface area (TPSA) is 83.6 Å². The number of carbonyl (C=O) groups is 2. The van der Waals surface area contributed by atoms with Crippen molar-refractivity contribution in [1.82, 2.24) is 4.90 Å². The molecule has 1 unspecified atom stereocenters. The molecule has 2 amide bonds. The van der Waals surface area contributed by atoms with Crippen LogP contribution in [0.1, 0.15) is 19.8 Å². The number of benzene rings is 1.